The Labute approximate surface area is 125 Å². The Morgan fingerprint density at radius 3 is 2.43 bits per heavy atom. The number of hydrogen-bond acceptors (Lipinski definition) is 6. The highest BCUT2D eigenvalue weighted by Crippen LogP contribution is 2.24. The number of piperazine rings is 1. The van der Waals surface area contributed by atoms with E-state index in [0.29, 0.717) is 24.5 Å². The van der Waals surface area contributed by atoms with Crippen molar-refractivity contribution in [3.05, 3.63) is 11.5 Å². The first-order valence-corrected chi connectivity index (χ1v) is 8.55. The fraction of sp³-hybridized carbons (Fsp3) is 0.769. The number of sulfonamides is 1. The van der Waals surface area contributed by atoms with Crippen molar-refractivity contribution in [3.63, 3.8) is 0 Å². The van der Waals surface area contributed by atoms with Gasteiger partial charge in [-0.3, -0.25) is 0 Å². The summed E-state index contributed by atoms with van der Waals surface area (Å²) in [6.07, 6.45) is 0.965. The third-order valence-corrected chi connectivity index (χ3v) is 5.86. The van der Waals surface area contributed by atoms with E-state index in [1.165, 1.54) is 4.31 Å². The van der Waals surface area contributed by atoms with Crippen LogP contribution in [0.25, 0.3) is 0 Å². The minimum atomic E-state index is -3.50. The van der Waals surface area contributed by atoms with E-state index in [1.54, 1.807) is 21.0 Å². The Morgan fingerprint density at radius 1 is 1.24 bits per heavy atom. The molecule has 0 bridgehead atoms. The molecule has 21 heavy (non-hydrogen) atoms. The van der Waals surface area contributed by atoms with Crippen LogP contribution in [0.3, 0.4) is 0 Å². The molecule has 0 unspecified atom stereocenters. The van der Waals surface area contributed by atoms with E-state index in [0.717, 1.165) is 32.7 Å². The van der Waals surface area contributed by atoms with E-state index in [4.69, 9.17) is 9.26 Å². The first-order valence-electron chi connectivity index (χ1n) is 7.11. The zero-order chi connectivity index (χ0) is 15.5. The van der Waals surface area contributed by atoms with Gasteiger partial charge in [0.15, 0.2) is 5.76 Å². The van der Waals surface area contributed by atoms with Gasteiger partial charge in [0, 0.05) is 46.4 Å². The second kappa shape index (κ2) is 6.87. The Balaban J connectivity index is 1.98. The molecule has 1 saturated heterocycles. The predicted molar refractivity (Wildman–Crippen MR) is 77.7 cm³/mol. The van der Waals surface area contributed by atoms with Gasteiger partial charge in [-0.15, -0.1) is 0 Å². The zero-order valence-electron chi connectivity index (χ0n) is 12.8. The van der Waals surface area contributed by atoms with Crippen molar-refractivity contribution in [1.82, 2.24) is 14.4 Å². The molecule has 8 heteroatoms. The first-order chi connectivity index (χ1) is 9.96. The van der Waals surface area contributed by atoms with Crippen molar-refractivity contribution < 1.29 is 17.7 Å². The van der Waals surface area contributed by atoms with Gasteiger partial charge in [-0.1, -0.05) is 5.16 Å². The van der Waals surface area contributed by atoms with Crippen molar-refractivity contribution in [1.29, 1.82) is 0 Å². The molecule has 1 fully saturated rings. The number of aromatic nitrogens is 1. The molecule has 1 aromatic rings. The second-order valence-corrected chi connectivity index (χ2v) is 7.12. The average Bonchev–Trinajstić information content (AvgIpc) is 2.79. The van der Waals surface area contributed by atoms with Gasteiger partial charge in [0.2, 0.25) is 10.0 Å². The summed E-state index contributed by atoms with van der Waals surface area (Å²) in [7, 11) is -1.81. The van der Waals surface area contributed by atoms with Gasteiger partial charge in [0.1, 0.15) is 10.6 Å². The van der Waals surface area contributed by atoms with Crippen LogP contribution in [0, 0.1) is 13.8 Å². The van der Waals surface area contributed by atoms with E-state index in [-0.39, 0.29) is 4.90 Å². The summed E-state index contributed by atoms with van der Waals surface area (Å²) < 4.78 is 36.8. The highest BCUT2D eigenvalue weighted by molar-refractivity contribution is 7.89. The van der Waals surface area contributed by atoms with Crippen LogP contribution >= 0.6 is 0 Å². The van der Waals surface area contributed by atoms with Crippen molar-refractivity contribution >= 4 is 10.0 Å². The molecule has 0 saturated carbocycles. The lowest BCUT2D eigenvalue weighted by Crippen LogP contribution is -2.49. The zero-order valence-corrected chi connectivity index (χ0v) is 13.6. The molecular formula is C13H23N3O4S. The molecule has 0 spiro atoms. The fourth-order valence-corrected chi connectivity index (χ4v) is 4.31. The average molecular weight is 317 g/mol. The fourth-order valence-electron chi connectivity index (χ4n) is 2.60. The lowest BCUT2D eigenvalue weighted by atomic mass is 10.3. The number of nitrogens with zero attached hydrogens (tertiary/aromatic N) is 3. The van der Waals surface area contributed by atoms with Gasteiger partial charge in [-0.2, -0.15) is 4.31 Å². The Kier molecular flexibility index (Phi) is 5.37. The van der Waals surface area contributed by atoms with E-state index < -0.39 is 10.0 Å². The largest absolute Gasteiger partial charge is 0.385 e. The number of hydrogen-bond donors (Lipinski definition) is 0. The van der Waals surface area contributed by atoms with Gasteiger partial charge in [0.25, 0.3) is 0 Å². The quantitative estimate of drug-likeness (QED) is 0.717. The summed E-state index contributed by atoms with van der Waals surface area (Å²) in [5.74, 6) is 0.357. The van der Waals surface area contributed by atoms with Crippen LogP contribution in [0.2, 0.25) is 0 Å². The molecular weight excluding hydrogens is 294 g/mol. The summed E-state index contributed by atoms with van der Waals surface area (Å²) in [4.78, 5) is 2.48. The molecule has 0 N–H and O–H groups in total. The predicted octanol–water partition coefficient (Wildman–Crippen LogP) is 0.634. The van der Waals surface area contributed by atoms with Crippen LogP contribution in [0.5, 0.6) is 0 Å². The lowest BCUT2D eigenvalue weighted by molar-refractivity contribution is 0.149. The van der Waals surface area contributed by atoms with Gasteiger partial charge >= 0.3 is 0 Å². The summed E-state index contributed by atoms with van der Waals surface area (Å²) in [6.45, 7) is 7.44. The maximum absolute atomic E-state index is 12.6. The smallest absolute Gasteiger partial charge is 0.248 e. The second-order valence-electron chi connectivity index (χ2n) is 5.25. The number of rotatable bonds is 6. The van der Waals surface area contributed by atoms with Crippen molar-refractivity contribution in [2.45, 2.75) is 25.2 Å². The summed E-state index contributed by atoms with van der Waals surface area (Å²) >= 11 is 0. The van der Waals surface area contributed by atoms with Crippen LogP contribution < -0.4 is 0 Å². The van der Waals surface area contributed by atoms with Crippen molar-refractivity contribution in [3.8, 4) is 0 Å². The molecule has 1 aliphatic heterocycles. The van der Waals surface area contributed by atoms with Crippen LogP contribution in [-0.4, -0.2) is 69.2 Å². The molecule has 7 nitrogen and oxygen atoms in total. The molecule has 0 amide bonds. The topological polar surface area (TPSA) is 75.9 Å². The number of methoxy groups -OCH3 is 1. The van der Waals surface area contributed by atoms with Crippen molar-refractivity contribution in [2.75, 3.05) is 46.4 Å². The number of ether oxygens (including phenoxy) is 1. The third kappa shape index (κ3) is 3.63. The van der Waals surface area contributed by atoms with Crippen LogP contribution in [0.15, 0.2) is 9.42 Å². The summed E-state index contributed by atoms with van der Waals surface area (Å²) in [5.41, 5.74) is 0.426. The molecule has 1 aromatic heterocycles. The van der Waals surface area contributed by atoms with Gasteiger partial charge in [-0.25, -0.2) is 8.42 Å². The molecule has 2 heterocycles. The van der Waals surface area contributed by atoms with Crippen molar-refractivity contribution in [2.24, 2.45) is 0 Å². The number of aryl methyl sites for hydroxylation is 2. The molecule has 2 rings (SSSR count). The SMILES string of the molecule is COCCCN1CCN(S(=O)(=O)c2c(C)noc2C)CC1. The van der Waals surface area contributed by atoms with Gasteiger partial charge < -0.3 is 14.2 Å². The van der Waals surface area contributed by atoms with Gasteiger partial charge in [-0.05, 0) is 20.3 Å². The van der Waals surface area contributed by atoms with E-state index in [1.807, 2.05) is 0 Å². The minimum Gasteiger partial charge on any atom is -0.385 e. The summed E-state index contributed by atoms with van der Waals surface area (Å²) in [5, 5.41) is 3.74. The van der Waals surface area contributed by atoms with E-state index in [2.05, 4.69) is 10.1 Å². The molecule has 1 aliphatic rings. The first kappa shape index (κ1) is 16.4. The molecule has 0 radical (unpaired) electrons. The van der Waals surface area contributed by atoms with E-state index in [9.17, 15) is 8.42 Å². The maximum Gasteiger partial charge on any atom is 0.248 e. The Bertz CT molecular complexity index is 542. The molecule has 120 valence electrons. The van der Waals surface area contributed by atoms with Crippen LogP contribution in [0.4, 0.5) is 0 Å². The molecule has 0 aliphatic carbocycles. The highest BCUT2D eigenvalue weighted by Gasteiger charge is 2.33. The standard InChI is InChI=1S/C13H23N3O4S/c1-11-13(12(2)20-14-11)21(17,18)16-8-6-15(7-9-16)5-4-10-19-3/h4-10H2,1-3H3. The molecule has 0 aromatic carbocycles. The molecule has 0 atom stereocenters. The Hall–Kier alpha value is -0.960. The highest BCUT2D eigenvalue weighted by atomic mass is 32.2. The monoisotopic (exact) mass is 317 g/mol. The van der Waals surface area contributed by atoms with E-state index >= 15 is 0 Å². The van der Waals surface area contributed by atoms with Crippen LogP contribution in [0.1, 0.15) is 17.9 Å². The summed E-state index contributed by atoms with van der Waals surface area (Å²) in [6, 6.07) is 0. The minimum absolute atomic E-state index is 0.218. The van der Waals surface area contributed by atoms with Gasteiger partial charge in [0.05, 0.1) is 0 Å². The van der Waals surface area contributed by atoms with Crippen LogP contribution in [-0.2, 0) is 14.8 Å². The lowest BCUT2D eigenvalue weighted by Gasteiger charge is -2.33. The maximum atomic E-state index is 12.6. The normalized spacial score (nSPS) is 18.2. The third-order valence-electron chi connectivity index (χ3n) is 3.72. The Morgan fingerprint density at radius 2 is 1.90 bits per heavy atom.